The summed E-state index contributed by atoms with van der Waals surface area (Å²) in [6, 6.07) is 21.1. The molecule has 0 amide bonds. The second-order valence-corrected chi connectivity index (χ2v) is 8.01. The van der Waals surface area contributed by atoms with Gasteiger partial charge in [-0.3, -0.25) is 4.90 Å². The van der Waals surface area contributed by atoms with Gasteiger partial charge < -0.3 is 19.9 Å². The summed E-state index contributed by atoms with van der Waals surface area (Å²) in [6.07, 6.45) is 0. The lowest BCUT2D eigenvalue weighted by Crippen LogP contribution is -2.41. The molecular formula is C28H23N3O6. The lowest BCUT2D eigenvalue weighted by atomic mass is 9.80. The van der Waals surface area contributed by atoms with Crippen LogP contribution in [0.1, 0.15) is 21.8 Å². The number of methoxy groups -OCH3 is 3. The maximum absolute atomic E-state index is 13.4. The Balaban J connectivity index is 2.20. The van der Waals surface area contributed by atoms with Crippen molar-refractivity contribution in [3.63, 3.8) is 0 Å². The van der Waals surface area contributed by atoms with Crippen LogP contribution in [0, 0.1) is 11.3 Å². The van der Waals surface area contributed by atoms with Gasteiger partial charge in [0, 0.05) is 5.39 Å². The fourth-order valence-electron chi connectivity index (χ4n) is 4.52. The van der Waals surface area contributed by atoms with Crippen LogP contribution >= 0.6 is 0 Å². The van der Waals surface area contributed by atoms with E-state index in [2.05, 4.69) is 6.07 Å². The molecule has 3 aromatic rings. The number of nitrogens with zero attached hydrogens (tertiary/aromatic N) is 2. The molecule has 4 rings (SSSR count). The molecule has 1 aliphatic heterocycles. The first-order chi connectivity index (χ1) is 17.9. The Bertz CT molecular complexity index is 1520. The molecule has 0 saturated heterocycles. The predicted molar refractivity (Wildman–Crippen MR) is 135 cm³/mol. The summed E-state index contributed by atoms with van der Waals surface area (Å²) in [6.45, 7) is 0. The quantitative estimate of drug-likeness (QED) is 0.415. The number of carbonyl (C=O) groups is 3. The standard InChI is InChI=1S/C28H23N3O6/c1-35-26(32)19-14-13-16-9-7-8-12-18(16)23(19)31-24(28(34)37-3)22(27(33)36-2)21(20(15-29)25(31)30)17-10-5-4-6-11-17/h4-14,21H,30H2,1-3H3. The molecule has 1 heterocycles. The molecule has 0 saturated carbocycles. The van der Waals surface area contributed by atoms with Gasteiger partial charge in [0.05, 0.1) is 55.7 Å². The zero-order chi connectivity index (χ0) is 26.7. The Morgan fingerprint density at radius 1 is 0.838 bits per heavy atom. The molecular weight excluding hydrogens is 474 g/mol. The fraction of sp³-hybridized carbons (Fsp3) is 0.143. The van der Waals surface area contributed by atoms with Crippen molar-refractivity contribution in [1.29, 1.82) is 5.26 Å². The Morgan fingerprint density at radius 2 is 1.46 bits per heavy atom. The zero-order valence-corrected chi connectivity index (χ0v) is 20.3. The first-order valence-corrected chi connectivity index (χ1v) is 11.1. The van der Waals surface area contributed by atoms with Gasteiger partial charge in [-0.1, -0.05) is 60.7 Å². The normalized spacial score (nSPS) is 15.3. The number of nitrogens with two attached hydrogens (primary N) is 1. The lowest BCUT2D eigenvalue weighted by molar-refractivity contribution is -0.139. The lowest BCUT2D eigenvalue weighted by Gasteiger charge is -2.37. The fourth-order valence-corrected chi connectivity index (χ4v) is 4.52. The van der Waals surface area contributed by atoms with Crippen molar-refractivity contribution in [3.05, 3.63) is 101 Å². The molecule has 9 nitrogen and oxygen atoms in total. The van der Waals surface area contributed by atoms with E-state index in [1.807, 2.05) is 12.1 Å². The molecule has 1 aliphatic rings. The summed E-state index contributed by atoms with van der Waals surface area (Å²) >= 11 is 0. The molecule has 1 unspecified atom stereocenters. The molecule has 1 atom stereocenters. The van der Waals surface area contributed by atoms with Crippen LogP contribution in [0.4, 0.5) is 5.69 Å². The van der Waals surface area contributed by atoms with Gasteiger partial charge in [0.2, 0.25) is 0 Å². The second kappa shape index (κ2) is 10.3. The van der Waals surface area contributed by atoms with E-state index in [4.69, 9.17) is 19.9 Å². The number of allylic oxidation sites excluding steroid dienone is 1. The number of ether oxygens (including phenoxy) is 3. The molecule has 3 aromatic carbocycles. The van der Waals surface area contributed by atoms with E-state index in [-0.39, 0.29) is 33.9 Å². The Morgan fingerprint density at radius 3 is 2.08 bits per heavy atom. The van der Waals surface area contributed by atoms with Crippen LogP contribution < -0.4 is 10.6 Å². The number of carbonyl (C=O) groups excluding carboxylic acids is 3. The van der Waals surface area contributed by atoms with Crippen LogP contribution in [0.2, 0.25) is 0 Å². The molecule has 0 aliphatic carbocycles. The SMILES string of the molecule is COC(=O)C1=C(C(=O)OC)N(c2c(C(=O)OC)ccc3ccccc23)C(N)=C(C#N)C1c1ccccc1. The third kappa shape index (κ3) is 4.15. The van der Waals surface area contributed by atoms with E-state index in [1.165, 1.54) is 25.2 Å². The maximum atomic E-state index is 13.4. The van der Waals surface area contributed by atoms with Crippen molar-refractivity contribution in [3.8, 4) is 6.07 Å². The molecule has 0 bridgehead atoms. The Kier molecular flexibility index (Phi) is 6.93. The highest BCUT2D eigenvalue weighted by atomic mass is 16.5. The van der Waals surface area contributed by atoms with Gasteiger partial charge >= 0.3 is 17.9 Å². The molecule has 2 N–H and O–H groups in total. The Hall–Kier alpha value is -5.10. The van der Waals surface area contributed by atoms with Gasteiger partial charge in [0.1, 0.15) is 11.5 Å². The highest BCUT2D eigenvalue weighted by Gasteiger charge is 2.44. The van der Waals surface area contributed by atoms with Crippen LogP contribution in [0.15, 0.2) is 89.4 Å². The minimum atomic E-state index is -1.03. The van der Waals surface area contributed by atoms with Gasteiger partial charge in [-0.05, 0) is 17.0 Å². The van der Waals surface area contributed by atoms with Crippen molar-refractivity contribution in [1.82, 2.24) is 0 Å². The number of hydrogen-bond donors (Lipinski definition) is 1. The van der Waals surface area contributed by atoms with Gasteiger partial charge in [-0.25, -0.2) is 14.4 Å². The first kappa shape index (κ1) is 25.0. The maximum Gasteiger partial charge on any atom is 0.355 e. The van der Waals surface area contributed by atoms with Crippen molar-refractivity contribution in [2.24, 2.45) is 5.73 Å². The smallest absolute Gasteiger partial charge is 0.355 e. The number of esters is 3. The average molecular weight is 498 g/mol. The molecule has 186 valence electrons. The van der Waals surface area contributed by atoms with Crippen molar-refractivity contribution in [2.45, 2.75) is 5.92 Å². The van der Waals surface area contributed by atoms with Crippen LogP contribution in [0.3, 0.4) is 0 Å². The van der Waals surface area contributed by atoms with Gasteiger partial charge in [-0.2, -0.15) is 5.26 Å². The van der Waals surface area contributed by atoms with Gasteiger partial charge in [0.15, 0.2) is 0 Å². The monoisotopic (exact) mass is 497 g/mol. The number of benzene rings is 3. The first-order valence-electron chi connectivity index (χ1n) is 11.1. The highest BCUT2D eigenvalue weighted by molar-refractivity contribution is 6.13. The topological polar surface area (TPSA) is 132 Å². The number of nitriles is 1. The van der Waals surface area contributed by atoms with E-state index >= 15 is 0 Å². The minimum Gasteiger partial charge on any atom is -0.466 e. The summed E-state index contributed by atoms with van der Waals surface area (Å²) < 4.78 is 15.2. The largest absolute Gasteiger partial charge is 0.466 e. The van der Waals surface area contributed by atoms with E-state index in [9.17, 15) is 19.6 Å². The number of anilines is 1. The van der Waals surface area contributed by atoms with Crippen molar-refractivity contribution >= 4 is 34.4 Å². The average Bonchev–Trinajstić information content (AvgIpc) is 2.95. The van der Waals surface area contributed by atoms with Crippen LogP contribution in [0.25, 0.3) is 10.8 Å². The molecule has 0 aromatic heterocycles. The van der Waals surface area contributed by atoms with Crippen molar-refractivity contribution < 1.29 is 28.6 Å². The molecule has 9 heteroatoms. The summed E-state index contributed by atoms with van der Waals surface area (Å²) in [7, 11) is 3.55. The highest BCUT2D eigenvalue weighted by Crippen LogP contribution is 2.45. The molecule has 0 radical (unpaired) electrons. The minimum absolute atomic E-state index is 0.0111. The number of fused-ring (bicyclic) bond motifs is 1. The third-order valence-electron chi connectivity index (χ3n) is 6.14. The van der Waals surface area contributed by atoms with E-state index in [0.717, 1.165) is 7.11 Å². The zero-order valence-electron chi connectivity index (χ0n) is 20.3. The van der Waals surface area contributed by atoms with Crippen LogP contribution in [-0.4, -0.2) is 39.2 Å². The van der Waals surface area contributed by atoms with Gasteiger partial charge in [-0.15, -0.1) is 0 Å². The molecule has 0 fully saturated rings. The third-order valence-corrected chi connectivity index (χ3v) is 6.14. The summed E-state index contributed by atoms with van der Waals surface area (Å²) in [5.41, 5.74) is 6.93. The second-order valence-electron chi connectivity index (χ2n) is 8.01. The van der Waals surface area contributed by atoms with Crippen LogP contribution in [-0.2, 0) is 23.8 Å². The summed E-state index contributed by atoms with van der Waals surface area (Å²) in [5, 5.41) is 11.5. The predicted octanol–water partition coefficient (Wildman–Crippen LogP) is 3.52. The molecule has 0 spiro atoms. The Labute approximate surface area is 212 Å². The number of rotatable bonds is 5. The molecule has 37 heavy (non-hydrogen) atoms. The van der Waals surface area contributed by atoms with E-state index in [1.54, 1.807) is 48.5 Å². The van der Waals surface area contributed by atoms with Crippen molar-refractivity contribution in [2.75, 3.05) is 26.2 Å². The van der Waals surface area contributed by atoms with Crippen LogP contribution in [0.5, 0.6) is 0 Å². The van der Waals surface area contributed by atoms with E-state index < -0.39 is 23.8 Å². The van der Waals surface area contributed by atoms with E-state index in [0.29, 0.717) is 16.3 Å². The summed E-state index contributed by atoms with van der Waals surface area (Å²) in [5.74, 6) is -3.66. The number of hydrogen-bond acceptors (Lipinski definition) is 9. The van der Waals surface area contributed by atoms with Gasteiger partial charge in [0.25, 0.3) is 0 Å². The summed E-state index contributed by atoms with van der Waals surface area (Å²) in [4.78, 5) is 40.8.